The lowest BCUT2D eigenvalue weighted by Gasteiger charge is -2.21. The van der Waals surface area contributed by atoms with E-state index >= 15 is 0 Å². The number of fused-ring (bicyclic) bond motifs is 1. The Balaban J connectivity index is 1.92. The van der Waals surface area contributed by atoms with E-state index in [0.29, 0.717) is 22.6 Å². The Kier molecular flexibility index (Phi) is 3.09. The number of hydrogen-bond donors (Lipinski definition) is 2. The van der Waals surface area contributed by atoms with Crippen LogP contribution in [0.3, 0.4) is 0 Å². The summed E-state index contributed by atoms with van der Waals surface area (Å²) in [6, 6.07) is 10.6. The van der Waals surface area contributed by atoms with Crippen LogP contribution in [0.5, 0.6) is 5.75 Å². The number of aromatic nitrogens is 1. The molecule has 1 aromatic carbocycles. The maximum atomic E-state index is 12.1. The van der Waals surface area contributed by atoms with Crippen molar-refractivity contribution in [3.8, 4) is 5.75 Å². The highest BCUT2D eigenvalue weighted by atomic mass is 16.5. The highest BCUT2D eigenvalue weighted by Crippen LogP contribution is 2.30. The number of para-hydroxylation sites is 1. The van der Waals surface area contributed by atoms with E-state index in [0.717, 1.165) is 0 Å². The Bertz CT molecular complexity index is 681. The second kappa shape index (κ2) is 5.05. The lowest BCUT2D eigenvalue weighted by atomic mass is 10.1. The molecule has 0 bridgehead atoms. The van der Waals surface area contributed by atoms with Crippen LogP contribution >= 0.6 is 0 Å². The molecule has 0 unspecified atom stereocenters. The maximum Gasteiger partial charge on any atom is 0.257 e. The summed E-state index contributed by atoms with van der Waals surface area (Å²) in [7, 11) is 0. The topological polar surface area (TPSA) is 71.5 Å². The second-order valence-electron chi connectivity index (χ2n) is 4.30. The molecule has 1 aromatic heterocycles. The fourth-order valence-corrected chi connectivity index (χ4v) is 2.00. The van der Waals surface area contributed by atoms with Gasteiger partial charge in [-0.2, -0.15) is 0 Å². The Labute approximate surface area is 115 Å². The van der Waals surface area contributed by atoms with Gasteiger partial charge < -0.3 is 15.2 Å². The summed E-state index contributed by atoms with van der Waals surface area (Å²) < 4.78 is 5.38. The summed E-state index contributed by atoms with van der Waals surface area (Å²) in [5, 5.41) is 12.6. The molecule has 0 fully saturated rings. The van der Waals surface area contributed by atoms with Gasteiger partial charge in [0, 0.05) is 18.0 Å². The molecule has 5 nitrogen and oxygen atoms in total. The molecule has 1 aliphatic heterocycles. The third-order valence-electron chi connectivity index (χ3n) is 2.97. The van der Waals surface area contributed by atoms with Crippen LogP contribution in [0.25, 0.3) is 5.70 Å². The summed E-state index contributed by atoms with van der Waals surface area (Å²) in [6.07, 6.45) is 3.06. The van der Waals surface area contributed by atoms with E-state index in [1.54, 1.807) is 30.5 Å². The predicted octanol–water partition coefficient (Wildman–Crippen LogP) is 2.13. The molecule has 0 spiro atoms. The number of pyridine rings is 1. The minimum absolute atomic E-state index is 0.000871. The number of rotatable bonds is 2. The quantitative estimate of drug-likeness (QED) is 0.875. The number of aliphatic hydroxyl groups is 1. The van der Waals surface area contributed by atoms with Crippen molar-refractivity contribution in [2.75, 3.05) is 6.61 Å². The molecule has 1 amide bonds. The molecule has 2 aromatic rings. The SMILES string of the molecule is O=C(NC1=C(O)COc2ccccc21)c1cccnc1. The van der Waals surface area contributed by atoms with E-state index < -0.39 is 0 Å². The number of aliphatic hydroxyl groups excluding tert-OH is 1. The van der Waals surface area contributed by atoms with E-state index in [-0.39, 0.29) is 18.3 Å². The van der Waals surface area contributed by atoms with Gasteiger partial charge in [0.05, 0.1) is 11.3 Å². The molecule has 100 valence electrons. The molecule has 2 heterocycles. The Morgan fingerprint density at radius 2 is 2.10 bits per heavy atom. The van der Waals surface area contributed by atoms with Gasteiger partial charge >= 0.3 is 0 Å². The van der Waals surface area contributed by atoms with Crippen molar-refractivity contribution < 1.29 is 14.6 Å². The molecule has 20 heavy (non-hydrogen) atoms. The average Bonchev–Trinajstić information content (AvgIpc) is 2.51. The van der Waals surface area contributed by atoms with Crippen molar-refractivity contribution >= 4 is 11.6 Å². The summed E-state index contributed by atoms with van der Waals surface area (Å²) in [5.41, 5.74) is 1.46. The van der Waals surface area contributed by atoms with E-state index in [4.69, 9.17) is 4.74 Å². The van der Waals surface area contributed by atoms with Crippen molar-refractivity contribution in [1.29, 1.82) is 0 Å². The average molecular weight is 268 g/mol. The van der Waals surface area contributed by atoms with Crippen molar-refractivity contribution in [1.82, 2.24) is 10.3 Å². The number of nitrogens with zero attached hydrogens (tertiary/aromatic N) is 1. The zero-order chi connectivity index (χ0) is 13.9. The largest absolute Gasteiger partial charge is 0.507 e. The Morgan fingerprint density at radius 1 is 1.25 bits per heavy atom. The minimum atomic E-state index is -0.323. The molecule has 0 aliphatic carbocycles. The number of carbonyl (C=O) groups is 1. The molecule has 0 atom stereocenters. The maximum absolute atomic E-state index is 12.1. The van der Waals surface area contributed by atoms with Crippen LogP contribution in [0.15, 0.2) is 54.6 Å². The molecule has 0 saturated carbocycles. The first-order chi connectivity index (χ1) is 9.75. The zero-order valence-corrected chi connectivity index (χ0v) is 10.5. The van der Waals surface area contributed by atoms with Crippen LogP contribution in [0.1, 0.15) is 15.9 Å². The lowest BCUT2D eigenvalue weighted by Crippen LogP contribution is -2.26. The molecule has 3 rings (SSSR count). The van der Waals surface area contributed by atoms with E-state index in [1.165, 1.54) is 6.20 Å². The standard InChI is InChI=1S/C15H12N2O3/c18-12-9-20-13-6-2-1-5-11(13)14(12)17-15(19)10-4-3-7-16-8-10/h1-8,18H,9H2,(H,17,19). The van der Waals surface area contributed by atoms with Crippen molar-refractivity contribution in [3.05, 3.63) is 65.7 Å². The third kappa shape index (κ3) is 2.21. The van der Waals surface area contributed by atoms with Crippen molar-refractivity contribution in [2.45, 2.75) is 0 Å². The Morgan fingerprint density at radius 3 is 2.90 bits per heavy atom. The number of benzene rings is 1. The summed E-state index contributed by atoms with van der Waals surface area (Å²) in [6.45, 7) is 0.0413. The molecule has 5 heteroatoms. The fourth-order valence-electron chi connectivity index (χ4n) is 2.00. The van der Waals surface area contributed by atoms with Crippen LogP contribution in [0.2, 0.25) is 0 Å². The zero-order valence-electron chi connectivity index (χ0n) is 10.5. The van der Waals surface area contributed by atoms with Gasteiger partial charge in [0.25, 0.3) is 5.91 Å². The first-order valence-corrected chi connectivity index (χ1v) is 6.11. The number of carbonyl (C=O) groups excluding carboxylic acids is 1. The van der Waals surface area contributed by atoms with Crippen LogP contribution in [0, 0.1) is 0 Å². The van der Waals surface area contributed by atoms with Gasteiger partial charge in [0.15, 0.2) is 5.76 Å². The molecular formula is C15H12N2O3. The van der Waals surface area contributed by atoms with Crippen molar-refractivity contribution in [2.24, 2.45) is 0 Å². The molecule has 0 radical (unpaired) electrons. The number of hydrogen-bond acceptors (Lipinski definition) is 4. The third-order valence-corrected chi connectivity index (χ3v) is 2.97. The van der Waals surface area contributed by atoms with Gasteiger partial charge in [-0.05, 0) is 24.3 Å². The van der Waals surface area contributed by atoms with Crippen molar-refractivity contribution in [3.63, 3.8) is 0 Å². The predicted molar refractivity (Wildman–Crippen MR) is 73.2 cm³/mol. The number of amides is 1. The first-order valence-electron chi connectivity index (χ1n) is 6.11. The van der Waals surface area contributed by atoms with Crippen LogP contribution in [-0.4, -0.2) is 22.6 Å². The van der Waals surface area contributed by atoms with Gasteiger partial charge in [-0.25, -0.2) is 0 Å². The highest BCUT2D eigenvalue weighted by molar-refractivity contribution is 6.00. The lowest BCUT2D eigenvalue weighted by molar-refractivity contribution is 0.0971. The van der Waals surface area contributed by atoms with Crippen LogP contribution in [0.4, 0.5) is 0 Å². The van der Waals surface area contributed by atoms with Gasteiger partial charge in [-0.3, -0.25) is 9.78 Å². The molecule has 1 aliphatic rings. The van der Waals surface area contributed by atoms with Gasteiger partial charge in [-0.15, -0.1) is 0 Å². The van der Waals surface area contributed by atoms with Gasteiger partial charge in [0.2, 0.25) is 0 Å². The molecule has 0 saturated heterocycles. The van der Waals surface area contributed by atoms with Gasteiger partial charge in [0.1, 0.15) is 12.4 Å². The number of nitrogens with one attached hydrogen (secondary N) is 1. The summed E-state index contributed by atoms with van der Waals surface area (Å²) in [5.74, 6) is 0.309. The van der Waals surface area contributed by atoms with Crippen LogP contribution < -0.4 is 10.1 Å². The van der Waals surface area contributed by atoms with Gasteiger partial charge in [-0.1, -0.05) is 12.1 Å². The Hall–Kier alpha value is -2.82. The molecular weight excluding hydrogens is 256 g/mol. The van der Waals surface area contributed by atoms with E-state index in [9.17, 15) is 9.90 Å². The molecule has 2 N–H and O–H groups in total. The first kappa shape index (κ1) is 12.2. The summed E-state index contributed by atoms with van der Waals surface area (Å²) >= 11 is 0. The van der Waals surface area contributed by atoms with E-state index in [1.807, 2.05) is 12.1 Å². The monoisotopic (exact) mass is 268 g/mol. The highest BCUT2D eigenvalue weighted by Gasteiger charge is 2.21. The smallest absolute Gasteiger partial charge is 0.257 e. The fraction of sp³-hybridized carbons (Fsp3) is 0.0667. The summed E-state index contributed by atoms with van der Waals surface area (Å²) in [4.78, 5) is 16.0. The van der Waals surface area contributed by atoms with Crippen LogP contribution in [-0.2, 0) is 0 Å². The normalized spacial score (nSPS) is 13.4. The minimum Gasteiger partial charge on any atom is -0.507 e. The second-order valence-corrected chi connectivity index (χ2v) is 4.30. The van der Waals surface area contributed by atoms with E-state index in [2.05, 4.69) is 10.3 Å². The number of ether oxygens (including phenoxy) is 1.